The Kier molecular flexibility index (Phi) is 9.62. The van der Waals surface area contributed by atoms with Gasteiger partial charge in [0.1, 0.15) is 0 Å². The van der Waals surface area contributed by atoms with Gasteiger partial charge in [-0.3, -0.25) is 9.79 Å². The molecule has 0 aromatic heterocycles. The molecule has 25 heavy (non-hydrogen) atoms. The van der Waals surface area contributed by atoms with Crippen molar-refractivity contribution in [3.05, 3.63) is 30.3 Å². The Balaban J connectivity index is 0.00000312. The number of hydrogen-bond acceptors (Lipinski definition) is 3. The van der Waals surface area contributed by atoms with Crippen LogP contribution in [-0.2, 0) is 4.79 Å². The molecule has 140 valence electrons. The van der Waals surface area contributed by atoms with E-state index in [1.165, 1.54) is 5.69 Å². The third-order valence-electron chi connectivity index (χ3n) is 4.38. The van der Waals surface area contributed by atoms with Crippen molar-refractivity contribution >= 4 is 41.5 Å². The predicted octanol–water partition coefficient (Wildman–Crippen LogP) is 1.92. The fraction of sp³-hybridized carbons (Fsp3) is 0.556. The largest absolute Gasteiger partial charge is 0.368 e. The lowest BCUT2D eigenvalue weighted by molar-refractivity contribution is -0.130. The highest BCUT2D eigenvalue weighted by molar-refractivity contribution is 14.0. The van der Waals surface area contributed by atoms with E-state index in [1.807, 2.05) is 23.1 Å². The molecule has 0 radical (unpaired) electrons. The molecule has 2 rings (SSSR count). The van der Waals surface area contributed by atoms with Gasteiger partial charge >= 0.3 is 0 Å². The molecule has 7 heteroatoms. The van der Waals surface area contributed by atoms with Gasteiger partial charge in [0.05, 0.1) is 6.54 Å². The summed E-state index contributed by atoms with van der Waals surface area (Å²) in [5, 5.41) is 6.37. The molecule has 0 aliphatic carbocycles. The van der Waals surface area contributed by atoms with E-state index in [9.17, 15) is 4.79 Å². The Labute approximate surface area is 168 Å². The van der Waals surface area contributed by atoms with Crippen molar-refractivity contribution in [1.82, 2.24) is 15.5 Å². The summed E-state index contributed by atoms with van der Waals surface area (Å²) >= 11 is 0. The number of aliphatic imine (C=N–C) groups is 1. The lowest BCUT2D eigenvalue weighted by Crippen LogP contribution is -2.52. The summed E-state index contributed by atoms with van der Waals surface area (Å²) in [6, 6.07) is 10.7. The summed E-state index contributed by atoms with van der Waals surface area (Å²) in [5.41, 5.74) is 1.22. The number of para-hydroxylation sites is 1. The second-order valence-electron chi connectivity index (χ2n) is 6.08. The molecule has 1 unspecified atom stereocenters. The van der Waals surface area contributed by atoms with E-state index in [0.717, 1.165) is 32.6 Å². The second kappa shape index (κ2) is 11.2. The number of halogens is 1. The highest BCUT2D eigenvalue weighted by Crippen LogP contribution is 2.15. The van der Waals surface area contributed by atoms with Crippen molar-refractivity contribution in [3.63, 3.8) is 0 Å². The number of amides is 1. The van der Waals surface area contributed by atoms with Gasteiger partial charge in [0.15, 0.2) is 5.96 Å². The minimum absolute atomic E-state index is 0. The molecule has 1 aliphatic heterocycles. The lowest BCUT2D eigenvalue weighted by atomic mass is 10.2. The van der Waals surface area contributed by atoms with Gasteiger partial charge in [-0.25, -0.2) is 0 Å². The van der Waals surface area contributed by atoms with E-state index in [1.54, 1.807) is 7.05 Å². The SMILES string of the molecule is CCC(C)NC(=NC)NCC(=O)N1CCN(c2ccccc2)CC1.I. The summed E-state index contributed by atoms with van der Waals surface area (Å²) in [6.07, 6.45) is 1.01. The maximum atomic E-state index is 12.4. The fourth-order valence-electron chi connectivity index (χ4n) is 2.65. The van der Waals surface area contributed by atoms with Crippen LogP contribution in [0.15, 0.2) is 35.3 Å². The first kappa shape index (κ1) is 21.5. The fourth-order valence-corrected chi connectivity index (χ4v) is 2.65. The van der Waals surface area contributed by atoms with Crippen molar-refractivity contribution in [3.8, 4) is 0 Å². The molecule has 0 bridgehead atoms. The summed E-state index contributed by atoms with van der Waals surface area (Å²) in [7, 11) is 1.72. The van der Waals surface area contributed by atoms with E-state index >= 15 is 0 Å². The Hall–Kier alpha value is -1.51. The van der Waals surface area contributed by atoms with Crippen LogP contribution in [0, 0.1) is 0 Å². The zero-order chi connectivity index (χ0) is 17.4. The number of anilines is 1. The smallest absolute Gasteiger partial charge is 0.242 e. The number of nitrogens with zero attached hydrogens (tertiary/aromatic N) is 3. The number of guanidine groups is 1. The monoisotopic (exact) mass is 459 g/mol. The molecule has 1 fully saturated rings. The van der Waals surface area contributed by atoms with Gasteiger partial charge in [0, 0.05) is 45.0 Å². The number of piperazine rings is 1. The molecule has 1 amide bonds. The molecule has 1 aromatic carbocycles. The van der Waals surface area contributed by atoms with Crippen LogP contribution >= 0.6 is 24.0 Å². The zero-order valence-corrected chi connectivity index (χ0v) is 17.7. The molecule has 1 aromatic rings. The molecule has 1 aliphatic rings. The first-order valence-corrected chi connectivity index (χ1v) is 8.69. The van der Waals surface area contributed by atoms with Crippen LogP contribution in [0.1, 0.15) is 20.3 Å². The van der Waals surface area contributed by atoms with Crippen molar-refractivity contribution in [1.29, 1.82) is 0 Å². The van der Waals surface area contributed by atoms with Gasteiger partial charge < -0.3 is 20.4 Å². The Morgan fingerprint density at radius 1 is 1.20 bits per heavy atom. The molecule has 1 saturated heterocycles. The highest BCUT2D eigenvalue weighted by Gasteiger charge is 2.21. The Bertz CT molecular complexity index is 544. The van der Waals surface area contributed by atoms with Crippen molar-refractivity contribution in [2.75, 3.05) is 44.7 Å². The van der Waals surface area contributed by atoms with E-state index in [0.29, 0.717) is 12.0 Å². The van der Waals surface area contributed by atoms with E-state index in [2.05, 4.69) is 46.5 Å². The van der Waals surface area contributed by atoms with Crippen molar-refractivity contribution < 1.29 is 4.79 Å². The number of nitrogens with one attached hydrogen (secondary N) is 2. The number of benzene rings is 1. The molecular weight excluding hydrogens is 429 g/mol. The predicted molar refractivity (Wildman–Crippen MR) is 115 cm³/mol. The van der Waals surface area contributed by atoms with Gasteiger partial charge in [-0.2, -0.15) is 0 Å². The molecule has 1 heterocycles. The standard InChI is InChI=1S/C18H29N5O.HI/c1-4-15(2)21-18(19-3)20-14-17(24)23-12-10-22(11-13-23)16-8-6-5-7-9-16;/h5-9,15H,4,10-14H2,1-3H3,(H2,19,20,21);1H. The van der Waals surface area contributed by atoms with Crippen LogP contribution in [-0.4, -0.2) is 62.6 Å². The van der Waals surface area contributed by atoms with Crippen LogP contribution in [0.3, 0.4) is 0 Å². The molecule has 6 nitrogen and oxygen atoms in total. The van der Waals surface area contributed by atoms with Gasteiger partial charge in [0.2, 0.25) is 5.91 Å². The molecule has 1 atom stereocenters. The third-order valence-corrected chi connectivity index (χ3v) is 4.38. The summed E-state index contributed by atoms with van der Waals surface area (Å²) in [5.74, 6) is 0.801. The van der Waals surface area contributed by atoms with Gasteiger partial charge in [0.25, 0.3) is 0 Å². The summed E-state index contributed by atoms with van der Waals surface area (Å²) < 4.78 is 0. The summed E-state index contributed by atoms with van der Waals surface area (Å²) in [6.45, 7) is 7.74. The minimum Gasteiger partial charge on any atom is -0.368 e. The zero-order valence-electron chi connectivity index (χ0n) is 15.4. The first-order chi connectivity index (χ1) is 11.6. The second-order valence-corrected chi connectivity index (χ2v) is 6.08. The maximum absolute atomic E-state index is 12.4. The number of carbonyl (C=O) groups is 1. The van der Waals surface area contributed by atoms with Crippen molar-refractivity contribution in [2.45, 2.75) is 26.3 Å². The normalized spacial score (nSPS) is 16.0. The molecule has 0 saturated carbocycles. The Morgan fingerprint density at radius 3 is 2.40 bits per heavy atom. The van der Waals surface area contributed by atoms with Crippen LogP contribution in [0.5, 0.6) is 0 Å². The van der Waals surface area contributed by atoms with E-state index in [4.69, 9.17) is 0 Å². The van der Waals surface area contributed by atoms with Crippen molar-refractivity contribution in [2.24, 2.45) is 4.99 Å². The first-order valence-electron chi connectivity index (χ1n) is 8.69. The number of carbonyl (C=O) groups excluding carboxylic acids is 1. The Morgan fingerprint density at radius 2 is 1.84 bits per heavy atom. The topological polar surface area (TPSA) is 60.0 Å². The minimum atomic E-state index is 0. The average Bonchev–Trinajstić information content (AvgIpc) is 2.65. The van der Waals surface area contributed by atoms with Crippen LogP contribution in [0.4, 0.5) is 5.69 Å². The van der Waals surface area contributed by atoms with Crippen LogP contribution in [0.2, 0.25) is 0 Å². The maximum Gasteiger partial charge on any atom is 0.242 e. The lowest BCUT2D eigenvalue weighted by Gasteiger charge is -2.36. The molecular formula is C18H30IN5O. The average molecular weight is 459 g/mol. The quantitative estimate of drug-likeness (QED) is 0.402. The number of rotatable bonds is 5. The highest BCUT2D eigenvalue weighted by atomic mass is 127. The van der Waals surface area contributed by atoms with Crippen LogP contribution in [0.25, 0.3) is 0 Å². The molecule has 0 spiro atoms. The van der Waals surface area contributed by atoms with E-state index < -0.39 is 0 Å². The van der Waals surface area contributed by atoms with E-state index in [-0.39, 0.29) is 36.4 Å². The van der Waals surface area contributed by atoms with Crippen LogP contribution < -0.4 is 15.5 Å². The molecule has 2 N–H and O–H groups in total. The van der Waals surface area contributed by atoms with Gasteiger partial charge in [-0.1, -0.05) is 25.1 Å². The van der Waals surface area contributed by atoms with Gasteiger partial charge in [-0.15, -0.1) is 24.0 Å². The van der Waals surface area contributed by atoms with Gasteiger partial charge in [-0.05, 0) is 25.5 Å². The third kappa shape index (κ3) is 6.72. The number of hydrogen-bond donors (Lipinski definition) is 2. The summed E-state index contributed by atoms with van der Waals surface area (Å²) in [4.78, 5) is 20.8.